The maximum absolute atomic E-state index is 10.3. The lowest BCUT2D eigenvalue weighted by Crippen LogP contribution is -2.45. The minimum absolute atomic E-state index is 0.168. The van der Waals surface area contributed by atoms with Crippen LogP contribution in [0, 0.1) is 10.8 Å². The molecule has 0 aromatic rings. The molecule has 0 amide bonds. The Balaban J connectivity index is 4.44. The summed E-state index contributed by atoms with van der Waals surface area (Å²) in [6, 6.07) is 0. The molecule has 0 bridgehead atoms. The Labute approximate surface area is 101 Å². The van der Waals surface area contributed by atoms with Crippen LogP contribution in [0.25, 0.3) is 0 Å². The Morgan fingerprint density at radius 1 is 1.27 bits per heavy atom. The van der Waals surface area contributed by atoms with Gasteiger partial charge in [0.1, 0.15) is 0 Å². The van der Waals surface area contributed by atoms with Gasteiger partial charge >= 0.3 is 0 Å². The first kappa shape index (κ1) is 15.6. The van der Waals surface area contributed by atoms with Gasteiger partial charge < -0.3 is 9.84 Å². The van der Waals surface area contributed by atoms with Gasteiger partial charge in [0, 0.05) is 23.7 Å². The summed E-state index contributed by atoms with van der Waals surface area (Å²) in [6.07, 6.45) is -0.412. The summed E-state index contributed by atoms with van der Waals surface area (Å²) >= 11 is 0. The minimum atomic E-state index is -0.412. The van der Waals surface area contributed by atoms with Crippen LogP contribution in [0.15, 0.2) is 0 Å². The molecule has 1 unspecified atom stereocenters. The summed E-state index contributed by atoms with van der Waals surface area (Å²) in [5, 5.41) is 15.7. The standard InChI is InChI=1S/C10H23NO2S2/c1-9(2,6-13-5)8(12)10(3,4)7-14-15-11/h8,12H,6-7,11H2,1-5H3. The molecule has 0 fully saturated rings. The lowest BCUT2D eigenvalue weighted by atomic mass is 9.73. The lowest BCUT2D eigenvalue weighted by Gasteiger charge is -2.40. The highest BCUT2D eigenvalue weighted by Crippen LogP contribution is 2.38. The van der Waals surface area contributed by atoms with Gasteiger partial charge in [0.25, 0.3) is 0 Å². The van der Waals surface area contributed by atoms with Crippen LogP contribution in [0.2, 0.25) is 0 Å². The molecule has 3 N–H and O–H groups in total. The minimum Gasteiger partial charge on any atom is -0.392 e. The second-order valence-corrected chi connectivity index (χ2v) is 7.17. The van der Waals surface area contributed by atoms with Crippen molar-refractivity contribution in [3.8, 4) is 0 Å². The van der Waals surface area contributed by atoms with E-state index in [0.29, 0.717) is 6.61 Å². The molecule has 0 heterocycles. The van der Waals surface area contributed by atoms with Crippen molar-refractivity contribution >= 4 is 21.8 Å². The average molecular weight is 253 g/mol. The molecule has 0 saturated carbocycles. The van der Waals surface area contributed by atoms with Crippen LogP contribution in [0.1, 0.15) is 27.7 Å². The molecular formula is C10H23NO2S2. The monoisotopic (exact) mass is 253 g/mol. The van der Waals surface area contributed by atoms with E-state index >= 15 is 0 Å². The summed E-state index contributed by atoms with van der Waals surface area (Å²) < 4.78 is 5.13. The Morgan fingerprint density at radius 2 is 1.80 bits per heavy atom. The van der Waals surface area contributed by atoms with E-state index in [0.717, 1.165) is 5.75 Å². The number of nitrogens with two attached hydrogens (primary N) is 1. The number of aliphatic hydroxyl groups excluding tert-OH is 1. The van der Waals surface area contributed by atoms with Gasteiger partial charge in [-0.05, 0) is 11.0 Å². The smallest absolute Gasteiger partial charge is 0.0672 e. The number of methoxy groups -OCH3 is 1. The number of ether oxygens (including phenoxy) is 1. The average Bonchev–Trinajstić information content (AvgIpc) is 2.13. The van der Waals surface area contributed by atoms with Crippen molar-refractivity contribution in [1.29, 1.82) is 0 Å². The highest BCUT2D eigenvalue weighted by atomic mass is 33.1. The summed E-state index contributed by atoms with van der Waals surface area (Å²) in [5.74, 6) is 0.822. The number of hydrogen-bond donors (Lipinski definition) is 2. The zero-order valence-electron chi connectivity index (χ0n) is 10.2. The molecule has 0 aliphatic rings. The molecule has 0 rings (SSSR count). The summed E-state index contributed by atoms with van der Waals surface area (Å²) in [4.78, 5) is 0. The van der Waals surface area contributed by atoms with Crippen LogP contribution in [0.3, 0.4) is 0 Å². The van der Waals surface area contributed by atoms with Gasteiger partial charge in [-0.15, -0.1) is 0 Å². The van der Waals surface area contributed by atoms with Crippen LogP contribution < -0.4 is 5.14 Å². The fourth-order valence-electron chi connectivity index (χ4n) is 1.77. The first-order chi connectivity index (χ1) is 6.78. The topological polar surface area (TPSA) is 55.5 Å². The third kappa shape index (κ3) is 4.95. The zero-order chi connectivity index (χ0) is 12.1. The van der Waals surface area contributed by atoms with Crippen LogP contribution in [-0.4, -0.2) is 30.7 Å². The van der Waals surface area contributed by atoms with Crippen LogP contribution in [-0.2, 0) is 4.74 Å². The molecule has 0 aromatic heterocycles. The highest BCUT2D eigenvalue weighted by molar-refractivity contribution is 8.75. The van der Waals surface area contributed by atoms with Crippen molar-refractivity contribution < 1.29 is 9.84 Å². The third-order valence-corrected chi connectivity index (χ3v) is 4.26. The van der Waals surface area contributed by atoms with Gasteiger partial charge in [0.05, 0.1) is 12.7 Å². The van der Waals surface area contributed by atoms with Crippen molar-refractivity contribution in [3.05, 3.63) is 0 Å². The maximum Gasteiger partial charge on any atom is 0.0672 e. The molecule has 0 aliphatic carbocycles. The summed E-state index contributed by atoms with van der Waals surface area (Å²) in [6.45, 7) is 8.70. The van der Waals surface area contributed by atoms with Crippen molar-refractivity contribution in [3.63, 3.8) is 0 Å². The first-order valence-corrected chi connectivity index (χ1v) is 7.31. The van der Waals surface area contributed by atoms with E-state index in [1.807, 2.05) is 13.8 Å². The Morgan fingerprint density at radius 3 is 2.20 bits per heavy atom. The quantitative estimate of drug-likeness (QED) is 0.538. The van der Waals surface area contributed by atoms with Gasteiger partial charge in [-0.2, -0.15) is 0 Å². The number of hydrogen-bond acceptors (Lipinski definition) is 5. The Hall–Kier alpha value is 0.580. The van der Waals surface area contributed by atoms with E-state index in [1.165, 1.54) is 11.0 Å². The van der Waals surface area contributed by atoms with E-state index < -0.39 is 6.10 Å². The van der Waals surface area contributed by atoms with Crippen molar-refractivity contribution in [2.24, 2.45) is 16.0 Å². The maximum atomic E-state index is 10.3. The highest BCUT2D eigenvalue weighted by Gasteiger charge is 2.39. The summed E-state index contributed by atoms with van der Waals surface area (Å²) in [5.41, 5.74) is -0.406. The van der Waals surface area contributed by atoms with Gasteiger partial charge in [-0.1, -0.05) is 38.5 Å². The van der Waals surface area contributed by atoms with Gasteiger partial charge in [0.15, 0.2) is 0 Å². The molecule has 5 heteroatoms. The molecular weight excluding hydrogens is 230 g/mol. The van der Waals surface area contributed by atoms with Crippen LogP contribution in [0.4, 0.5) is 0 Å². The van der Waals surface area contributed by atoms with E-state index in [4.69, 9.17) is 9.88 Å². The molecule has 15 heavy (non-hydrogen) atoms. The predicted octanol–water partition coefficient (Wildman–Crippen LogP) is 2.30. The SMILES string of the molecule is COCC(C)(C)C(O)C(C)(C)CSSN. The number of aliphatic hydroxyl groups is 1. The van der Waals surface area contributed by atoms with Crippen molar-refractivity contribution in [2.75, 3.05) is 19.5 Å². The molecule has 0 aliphatic heterocycles. The lowest BCUT2D eigenvalue weighted by molar-refractivity contribution is -0.0638. The van der Waals surface area contributed by atoms with E-state index in [1.54, 1.807) is 17.9 Å². The van der Waals surface area contributed by atoms with Gasteiger partial charge in [-0.3, -0.25) is 5.14 Å². The first-order valence-electron chi connectivity index (χ1n) is 4.93. The molecule has 3 nitrogen and oxygen atoms in total. The second-order valence-electron chi connectivity index (χ2n) is 5.17. The molecule has 0 radical (unpaired) electrons. The van der Waals surface area contributed by atoms with Crippen molar-refractivity contribution in [2.45, 2.75) is 33.8 Å². The van der Waals surface area contributed by atoms with Crippen LogP contribution >= 0.6 is 21.8 Å². The fraction of sp³-hybridized carbons (Fsp3) is 1.00. The predicted molar refractivity (Wildman–Crippen MR) is 69.7 cm³/mol. The van der Waals surface area contributed by atoms with Gasteiger partial charge in [0.2, 0.25) is 0 Å². The normalized spacial score (nSPS) is 15.4. The third-order valence-electron chi connectivity index (χ3n) is 2.50. The van der Waals surface area contributed by atoms with Crippen molar-refractivity contribution in [1.82, 2.24) is 0 Å². The summed E-state index contributed by atoms with van der Waals surface area (Å²) in [7, 11) is 4.47. The Bertz CT molecular complexity index is 186. The molecule has 0 spiro atoms. The Kier molecular flexibility index (Phi) is 6.59. The van der Waals surface area contributed by atoms with E-state index in [9.17, 15) is 5.11 Å². The largest absolute Gasteiger partial charge is 0.392 e. The fourth-order valence-corrected chi connectivity index (χ4v) is 3.42. The van der Waals surface area contributed by atoms with Crippen LogP contribution in [0.5, 0.6) is 0 Å². The number of rotatable bonds is 7. The molecule has 0 saturated heterocycles. The molecule has 1 atom stereocenters. The van der Waals surface area contributed by atoms with E-state index in [-0.39, 0.29) is 10.8 Å². The molecule has 0 aromatic carbocycles. The van der Waals surface area contributed by atoms with E-state index in [2.05, 4.69) is 13.8 Å². The van der Waals surface area contributed by atoms with Gasteiger partial charge in [-0.25, -0.2) is 0 Å². The molecule has 92 valence electrons. The second kappa shape index (κ2) is 6.35. The zero-order valence-corrected chi connectivity index (χ0v) is 11.9.